The Morgan fingerprint density at radius 2 is 1.74 bits per heavy atom. The van der Waals surface area contributed by atoms with Crippen molar-refractivity contribution >= 4 is 27.7 Å². The van der Waals surface area contributed by atoms with Gasteiger partial charge in [-0.3, -0.25) is 14.4 Å². The molecule has 1 aliphatic rings. The molecule has 0 fully saturated rings. The van der Waals surface area contributed by atoms with Gasteiger partial charge in [0.15, 0.2) is 0 Å². The fourth-order valence-corrected chi connectivity index (χ4v) is 5.10. The van der Waals surface area contributed by atoms with Crippen LogP contribution in [0.4, 0.5) is 0 Å². The fraction of sp³-hybridized carbons (Fsp3) is 0.318. The molecule has 1 heterocycles. The van der Waals surface area contributed by atoms with E-state index < -0.39 is 34.4 Å². The van der Waals surface area contributed by atoms with Crippen LogP contribution in [0, 0.1) is 6.92 Å². The van der Waals surface area contributed by atoms with Gasteiger partial charge in [-0.05, 0) is 31.0 Å². The third kappa shape index (κ3) is 4.32. The maximum atomic E-state index is 13.3. The number of amides is 3. The maximum absolute atomic E-state index is 13.3. The Hall–Kier alpha value is -3.20. The summed E-state index contributed by atoms with van der Waals surface area (Å²) >= 11 is 0. The smallest absolute Gasteiger partial charge is 0.269 e. The molecule has 0 bridgehead atoms. The second kappa shape index (κ2) is 8.89. The molecule has 0 saturated carbocycles. The number of carbonyl (C=O) groups is 3. The van der Waals surface area contributed by atoms with E-state index in [2.05, 4.69) is 5.32 Å². The third-order valence-electron chi connectivity index (χ3n) is 5.30. The first kappa shape index (κ1) is 22.5. The number of carbonyl (C=O) groups excluding carboxylic acids is 3. The normalized spacial score (nSPS) is 15.3. The number of likely N-dealkylation sites (N-methyl/N-ethyl adjacent to an activating group) is 1. The Labute approximate surface area is 181 Å². The van der Waals surface area contributed by atoms with Crippen LogP contribution in [0.25, 0.3) is 0 Å². The number of aryl methyl sites for hydroxylation is 1. The highest BCUT2D eigenvalue weighted by Crippen LogP contribution is 2.30. The Bertz CT molecular complexity index is 1110. The van der Waals surface area contributed by atoms with Crippen molar-refractivity contribution < 1.29 is 22.8 Å². The van der Waals surface area contributed by atoms with Gasteiger partial charge in [0.2, 0.25) is 11.8 Å². The first-order valence-electron chi connectivity index (χ1n) is 9.93. The van der Waals surface area contributed by atoms with Crippen molar-refractivity contribution in [1.82, 2.24) is 14.5 Å². The zero-order chi connectivity index (χ0) is 22.8. The molecular weight excluding hydrogens is 418 g/mol. The van der Waals surface area contributed by atoms with Gasteiger partial charge in [0.1, 0.15) is 17.5 Å². The summed E-state index contributed by atoms with van der Waals surface area (Å²) in [5, 5.41) is 2.55. The van der Waals surface area contributed by atoms with E-state index in [0.29, 0.717) is 10.7 Å². The molecule has 0 unspecified atom stereocenters. The van der Waals surface area contributed by atoms with Crippen molar-refractivity contribution in [3.63, 3.8) is 0 Å². The van der Waals surface area contributed by atoms with Crippen LogP contribution in [-0.4, -0.2) is 55.0 Å². The standard InChI is InChI=1S/C22H25N3O5S/c1-4-18(21(27)23-3)24(13-16-11-9-15(2)10-12-16)20(26)14-25-22(28)17-7-5-6-8-19(17)31(25,29)30/h5-12,18H,4,13-14H2,1-3H3,(H,23,27)/t18-/m0/s1. The van der Waals surface area contributed by atoms with Crippen LogP contribution in [0.2, 0.25) is 0 Å². The average Bonchev–Trinajstić information content (AvgIpc) is 2.95. The number of nitrogens with one attached hydrogen (secondary N) is 1. The Kier molecular flexibility index (Phi) is 6.45. The lowest BCUT2D eigenvalue weighted by atomic mass is 10.1. The quantitative estimate of drug-likeness (QED) is 0.701. The van der Waals surface area contributed by atoms with Crippen molar-refractivity contribution in [2.24, 2.45) is 0 Å². The fourth-order valence-electron chi connectivity index (χ4n) is 3.58. The maximum Gasteiger partial charge on any atom is 0.269 e. The highest BCUT2D eigenvalue weighted by molar-refractivity contribution is 7.90. The zero-order valence-electron chi connectivity index (χ0n) is 17.7. The zero-order valence-corrected chi connectivity index (χ0v) is 18.5. The number of rotatable bonds is 7. The lowest BCUT2D eigenvalue weighted by Gasteiger charge is -2.31. The van der Waals surface area contributed by atoms with Gasteiger partial charge < -0.3 is 10.2 Å². The van der Waals surface area contributed by atoms with Crippen LogP contribution < -0.4 is 5.32 Å². The number of benzene rings is 2. The molecule has 0 spiro atoms. The summed E-state index contributed by atoms with van der Waals surface area (Å²) in [5.41, 5.74) is 1.88. The van der Waals surface area contributed by atoms with Crippen LogP contribution in [0.5, 0.6) is 0 Å². The van der Waals surface area contributed by atoms with E-state index in [-0.39, 0.29) is 22.9 Å². The minimum Gasteiger partial charge on any atom is -0.357 e. The van der Waals surface area contributed by atoms with E-state index in [1.807, 2.05) is 31.2 Å². The molecule has 1 atom stereocenters. The SMILES string of the molecule is CC[C@@H](C(=O)NC)N(Cc1ccc(C)cc1)C(=O)CN1C(=O)c2ccccc2S1(=O)=O. The summed E-state index contributed by atoms with van der Waals surface area (Å²) in [5.74, 6) is -1.73. The van der Waals surface area contributed by atoms with E-state index in [0.717, 1.165) is 11.1 Å². The van der Waals surface area contributed by atoms with Crippen molar-refractivity contribution in [2.75, 3.05) is 13.6 Å². The minimum absolute atomic E-state index is 0.0405. The number of hydrogen-bond acceptors (Lipinski definition) is 5. The van der Waals surface area contributed by atoms with E-state index in [1.165, 1.54) is 30.1 Å². The molecular formula is C22H25N3O5S. The molecule has 1 N–H and O–H groups in total. The summed E-state index contributed by atoms with van der Waals surface area (Å²) in [6.07, 6.45) is 0.332. The van der Waals surface area contributed by atoms with Crippen molar-refractivity contribution in [3.05, 3.63) is 65.2 Å². The highest BCUT2D eigenvalue weighted by atomic mass is 32.2. The molecule has 31 heavy (non-hydrogen) atoms. The van der Waals surface area contributed by atoms with Gasteiger partial charge in [-0.25, -0.2) is 12.7 Å². The van der Waals surface area contributed by atoms with Crippen LogP contribution in [0.1, 0.15) is 34.8 Å². The molecule has 0 saturated heterocycles. The summed E-state index contributed by atoms with van der Waals surface area (Å²) in [6, 6.07) is 12.5. The average molecular weight is 444 g/mol. The molecule has 0 aliphatic carbocycles. The number of nitrogens with zero attached hydrogens (tertiary/aromatic N) is 2. The van der Waals surface area contributed by atoms with E-state index in [1.54, 1.807) is 13.0 Å². The Morgan fingerprint density at radius 3 is 2.32 bits per heavy atom. The third-order valence-corrected chi connectivity index (χ3v) is 7.08. The van der Waals surface area contributed by atoms with Crippen LogP contribution in [-0.2, 0) is 26.2 Å². The predicted molar refractivity (Wildman–Crippen MR) is 115 cm³/mol. The number of sulfonamides is 1. The molecule has 0 radical (unpaired) electrons. The first-order chi connectivity index (χ1) is 14.7. The number of hydrogen-bond donors (Lipinski definition) is 1. The summed E-state index contributed by atoms with van der Waals surface area (Å²) in [4.78, 5) is 39.6. The second-order valence-corrected chi connectivity index (χ2v) is 9.19. The second-order valence-electron chi connectivity index (χ2n) is 7.36. The Morgan fingerprint density at radius 1 is 1.10 bits per heavy atom. The molecule has 2 aromatic rings. The van der Waals surface area contributed by atoms with Crippen LogP contribution in [0.3, 0.4) is 0 Å². The van der Waals surface area contributed by atoms with Gasteiger partial charge in [-0.2, -0.15) is 0 Å². The van der Waals surface area contributed by atoms with Crippen LogP contribution in [0.15, 0.2) is 53.4 Å². The topological polar surface area (TPSA) is 104 Å². The molecule has 8 nitrogen and oxygen atoms in total. The molecule has 3 rings (SSSR count). The van der Waals surface area contributed by atoms with Gasteiger partial charge in [-0.15, -0.1) is 0 Å². The first-order valence-corrected chi connectivity index (χ1v) is 11.4. The van der Waals surface area contributed by atoms with Crippen molar-refractivity contribution in [2.45, 2.75) is 37.8 Å². The van der Waals surface area contributed by atoms with Crippen LogP contribution >= 0.6 is 0 Å². The number of fused-ring (bicyclic) bond motifs is 1. The van der Waals surface area contributed by atoms with Gasteiger partial charge in [0.05, 0.1) is 5.56 Å². The molecule has 0 aromatic heterocycles. The van der Waals surface area contributed by atoms with Crippen molar-refractivity contribution in [1.29, 1.82) is 0 Å². The summed E-state index contributed by atoms with van der Waals surface area (Å²) < 4.78 is 26.2. The van der Waals surface area contributed by atoms with Gasteiger partial charge in [0.25, 0.3) is 15.9 Å². The highest BCUT2D eigenvalue weighted by Gasteiger charge is 2.43. The molecule has 1 aliphatic heterocycles. The summed E-state index contributed by atoms with van der Waals surface area (Å²) in [7, 11) is -2.65. The molecule has 9 heteroatoms. The van der Waals surface area contributed by atoms with Gasteiger partial charge in [0, 0.05) is 13.6 Å². The van der Waals surface area contributed by atoms with Gasteiger partial charge in [-0.1, -0.05) is 48.9 Å². The summed E-state index contributed by atoms with van der Waals surface area (Å²) in [6.45, 7) is 3.14. The molecule has 2 aromatic carbocycles. The van der Waals surface area contributed by atoms with Gasteiger partial charge >= 0.3 is 0 Å². The molecule has 164 valence electrons. The van der Waals surface area contributed by atoms with E-state index in [4.69, 9.17) is 0 Å². The molecule has 3 amide bonds. The Balaban J connectivity index is 1.92. The largest absolute Gasteiger partial charge is 0.357 e. The van der Waals surface area contributed by atoms with Crippen molar-refractivity contribution in [3.8, 4) is 0 Å². The van der Waals surface area contributed by atoms with E-state index >= 15 is 0 Å². The minimum atomic E-state index is -4.13. The lowest BCUT2D eigenvalue weighted by molar-refractivity contribution is -0.141. The van der Waals surface area contributed by atoms with E-state index in [9.17, 15) is 22.8 Å². The lowest BCUT2D eigenvalue weighted by Crippen LogP contribution is -2.51. The predicted octanol–water partition coefficient (Wildman–Crippen LogP) is 1.69. The monoisotopic (exact) mass is 443 g/mol.